The number of hydrogen-bond acceptors (Lipinski definition) is 6. The lowest BCUT2D eigenvalue weighted by atomic mass is 9.90. The van der Waals surface area contributed by atoms with E-state index in [0.29, 0.717) is 16.4 Å². The number of carbonyl (C=O) groups excluding carboxylic acids is 3. The number of aryl methyl sites for hydroxylation is 1. The first-order valence-corrected chi connectivity index (χ1v) is 10.4. The molecule has 9 heteroatoms. The molecule has 0 saturated carbocycles. The lowest BCUT2D eigenvalue weighted by Crippen LogP contribution is -2.42. The third-order valence-corrected chi connectivity index (χ3v) is 5.75. The predicted octanol–water partition coefficient (Wildman–Crippen LogP) is 3.16. The zero-order valence-electron chi connectivity index (χ0n) is 18.0. The van der Waals surface area contributed by atoms with Crippen LogP contribution in [0.25, 0.3) is 0 Å². The summed E-state index contributed by atoms with van der Waals surface area (Å²) in [5.41, 5.74) is 0.857. The van der Waals surface area contributed by atoms with Crippen LogP contribution in [0, 0.1) is 6.92 Å². The van der Waals surface area contributed by atoms with Gasteiger partial charge in [-0.2, -0.15) is 0 Å². The summed E-state index contributed by atoms with van der Waals surface area (Å²) < 4.78 is 5.38. The van der Waals surface area contributed by atoms with Crippen molar-refractivity contribution in [2.75, 3.05) is 19.0 Å². The van der Waals surface area contributed by atoms with Crippen LogP contribution in [0.15, 0.2) is 23.6 Å². The molecule has 1 fully saturated rings. The molecule has 1 atom stereocenters. The minimum absolute atomic E-state index is 0.140. The van der Waals surface area contributed by atoms with Crippen molar-refractivity contribution in [3.63, 3.8) is 0 Å². The molecular weight excluding hydrogens is 404 g/mol. The number of aromatic nitrogens is 1. The number of amides is 4. The number of urea groups is 1. The highest BCUT2D eigenvalue weighted by Gasteiger charge is 2.50. The van der Waals surface area contributed by atoms with E-state index in [2.05, 4.69) is 15.6 Å². The Morgan fingerprint density at radius 1 is 1.33 bits per heavy atom. The molecule has 4 amide bonds. The first-order valence-electron chi connectivity index (χ1n) is 9.51. The van der Waals surface area contributed by atoms with Gasteiger partial charge < -0.3 is 15.4 Å². The molecule has 160 valence electrons. The standard InChI is InChI=1S/C21H26N4O4S/c1-12-7-8-14(29-6)13(9-12)21(5)17(27)25(19(28)24-21)10-16(26)23-18-22-15(11-30-18)20(2,3)4/h7-9,11H,10H2,1-6H3,(H,24,28)(H,22,23,26). The van der Waals surface area contributed by atoms with E-state index in [1.165, 1.54) is 18.4 Å². The van der Waals surface area contributed by atoms with Gasteiger partial charge in [-0.15, -0.1) is 11.3 Å². The van der Waals surface area contributed by atoms with Crippen molar-refractivity contribution in [2.24, 2.45) is 0 Å². The molecule has 0 bridgehead atoms. The number of anilines is 1. The molecule has 1 saturated heterocycles. The van der Waals surface area contributed by atoms with Gasteiger partial charge in [0.05, 0.1) is 12.8 Å². The highest BCUT2D eigenvalue weighted by Crippen LogP contribution is 2.35. The fourth-order valence-corrected chi connectivity index (χ4v) is 4.17. The minimum atomic E-state index is -1.32. The second-order valence-corrected chi connectivity index (χ2v) is 9.34. The van der Waals surface area contributed by atoms with Crippen LogP contribution in [-0.2, 0) is 20.5 Å². The van der Waals surface area contributed by atoms with Gasteiger partial charge in [-0.3, -0.25) is 14.5 Å². The van der Waals surface area contributed by atoms with Crippen molar-refractivity contribution in [3.05, 3.63) is 40.4 Å². The van der Waals surface area contributed by atoms with Gasteiger partial charge in [0.15, 0.2) is 5.13 Å². The van der Waals surface area contributed by atoms with Crippen LogP contribution in [0.2, 0.25) is 0 Å². The maximum Gasteiger partial charge on any atom is 0.325 e. The zero-order chi connectivity index (χ0) is 22.3. The molecule has 30 heavy (non-hydrogen) atoms. The van der Waals surface area contributed by atoms with E-state index >= 15 is 0 Å². The number of thiazole rings is 1. The molecule has 2 aromatic rings. The molecule has 1 aliphatic heterocycles. The van der Waals surface area contributed by atoms with Crippen molar-refractivity contribution < 1.29 is 19.1 Å². The SMILES string of the molecule is COc1ccc(C)cc1C1(C)NC(=O)N(CC(=O)Nc2nc(C(C)(C)C)cs2)C1=O. The maximum atomic E-state index is 13.1. The van der Waals surface area contributed by atoms with E-state index in [-0.39, 0.29) is 5.41 Å². The number of ether oxygens (including phenoxy) is 1. The topological polar surface area (TPSA) is 101 Å². The third-order valence-electron chi connectivity index (χ3n) is 4.99. The second kappa shape index (κ2) is 7.71. The molecule has 8 nitrogen and oxygen atoms in total. The summed E-state index contributed by atoms with van der Waals surface area (Å²) in [4.78, 5) is 43.5. The fourth-order valence-electron chi connectivity index (χ4n) is 3.21. The molecule has 3 rings (SSSR count). The quantitative estimate of drug-likeness (QED) is 0.710. The Labute approximate surface area is 179 Å². The highest BCUT2D eigenvalue weighted by atomic mass is 32.1. The Hall–Kier alpha value is -2.94. The smallest absolute Gasteiger partial charge is 0.325 e. The van der Waals surface area contributed by atoms with Gasteiger partial charge in [-0.1, -0.05) is 32.4 Å². The van der Waals surface area contributed by atoms with Gasteiger partial charge in [0, 0.05) is 16.4 Å². The number of methoxy groups -OCH3 is 1. The molecular formula is C21H26N4O4S. The van der Waals surface area contributed by atoms with E-state index in [1.807, 2.05) is 39.1 Å². The van der Waals surface area contributed by atoms with Gasteiger partial charge in [0.1, 0.15) is 17.8 Å². The largest absolute Gasteiger partial charge is 0.496 e. The average Bonchev–Trinajstić information content (AvgIpc) is 3.21. The van der Waals surface area contributed by atoms with E-state index < -0.39 is 29.9 Å². The number of rotatable bonds is 5. The molecule has 1 aromatic carbocycles. The fraction of sp³-hybridized carbons (Fsp3) is 0.429. The molecule has 0 spiro atoms. The number of nitrogens with zero attached hydrogens (tertiary/aromatic N) is 2. The maximum absolute atomic E-state index is 13.1. The lowest BCUT2D eigenvalue weighted by molar-refractivity contribution is -0.133. The van der Waals surface area contributed by atoms with Crippen LogP contribution in [0.4, 0.5) is 9.93 Å². The summed E-state index contributed by atoms with van der Waals surface area (Å²) in [6.45, 7) is 9.18. The Balaban J connectivity index is 1.77. The summed E-state index contributed by atoms with van der Waals surface area (Å²) in [6, 6.07) is 4.78. The van der Waals surface area contributed by atoms with Crippen molar-refractivity contribution in [3.8, 4) is 5.75 Å². The summed E-state index contributed by atoms with van der Waals surface area (Å²) in [7, 11) is 1.50. The van der Waals surface area contributed by atoms with E-state index in [1.54, 1.807) is 19.1 Å². The number of imide groups is 1. The number of hydrogen-bond donors (Lipinski definition) is 2. The molecule has 1 unspecified atom stereocenters. The van der Waals surface area contributed by atoms with Crippen molar-refractivity contribution in [1.82, 2.24) is 15.2 Å². The molecule has 0 radical (unpaired) electrons. The van der Waals surface area contributed by atoms with Crippen LogP contribution >= 0.6 is 11.3 Å². The van der Waals surface area contributed by atoms with Crippen LogP contribution in [0.1, 0.15) is 44.5 Å². The van der Waals surface area contributed by atoms with E-state index in [0.717, 1.165) is 16.2 Å². The molecule has 0 aliphatic carbocycles. The Kier molecular flexibility index (Phi) is 5.60. The first-order chi connectivity index (χ1) is 14.0. The van der Waals surface area contributed by atoms with Crippen LogP contribution in [-0.4, -0.2) is 41.4 Å². The second-order valence-electron chi connectivity index (χ2n) is 8.49. The van der Waals surface area contributed by atoms with E-state index in [9.17, 15) is 14.4 Å². The minimum Gasteiger partial charge on any atom is -0.496 e. The van der Waals surface area contributed by atoms with Crippen LogP contribution in [0.3, 0.4) is 0 Å². The molecule has 2 N–H and O–H groups in total. The van der Waals surface area contributed by atoms with Crippen molar-refractivity contribution in [1.29, 1.82) is 0 Å². The van der Waals surface area contributed by atoms with Crippen molar-refractivity contribution >= 4 is 34.3 Å². The molecule has 1 aliphatic rings. The summed E-state index contributed by atoms with van der Waals surface area (Å²) in [6.07, 6.45) is 0. The Morgan fingerprint density at radius 3 is 2.63 bits per heavy atom. The van der Waals surface area contributed by atoms with E-state index in [4.69, 9.17) is 4.74 Å². The summed E-state index contributed by atoms with van der Waals surface area (Å²) in [5, 5.41) is 7.69. The molecule has 2 heterocycles. The highest BCUT2D eigenvalue weighted by molar-refractivity contribution is 7.13. The lowest BCUT2D eigenvalue weighted by Gasteiger charge is -2.24. The summed E-state index contributed by atoms with van der Waals surface area (Å²) in [5.74, 6) is -0.518. The van der Waals surface area contributed by atoms with Gasteiger partial charge in [-0.25, -0.2) is 9.78 Å². The van der Waals surface area contributed by atoms with Gasteiger partial charge in [-0.05, 0) is 26.0 Å². The number of benzene rings is 1. The van der Waals surface area contributed by atoms with Crippen molar-refractivity contribution in [2.45, 2.75) is 45.6 Å². The number of carbonyl (C=O) groups is 3. The van der Waals surface area contributed by atoms with Gasteiger partial charge in [0.2, 0.25) is 5.91 Å². The zero-order valence-corrected chi connectivity index (χ0v) is 18.8. The average molecular weight is 431 g/mol. The Bertz CT molecular complexity index is 1010. The predicted molar refractivity (Wildman–Crippen MR) is 115 cm³/mol. The number of nitrogens with one attached hydrogen (secondary N) is 2. The summed E-state index contributed by atoms with van der Waals surface area (Å²) >= 11 is 1.30. The van der Waals surface area contributed by atoms with Crippen LogP contribution in [0.5, 0.6) is 5.75 Å². The van der Waals surface area contributed by atoms with Gasteiger partial charge >= 0.3 is 6.03 Å². The monoisotopic (exact) mass is 430 g/mol. The van der Waals surface area contributed by atoms with Gasteiger partial charge in [0.25, 0.3) is 5.91 Å². The molecule has 1 aromatic heterocycles. The van der Waals surface area contributed by atoms with Crippen LogP contribution < -0.4 is 15.4 Å². The normalized spacial score (nSPS) is 19.1. The third kappa shape index (κ3) is 4.02. The first kappa shape index (κ1) is 21.8. The Morgan fingerprint density at radius 2 is 2.03 bits per heavy atom.